The topological polar surface area (TPSA) is 46.3 Å². The monoisotopic (exact) mass is 266 g/mol. The van der Waals surface area contributed by atoms with Crippen LogP contribution < -0.4 is 10.6 Å². The molecule has 1 unspecified atom stereocenters. The fraction of sp³-hybridized carbons (Fsp3) is 0.235. The average Bonchev–Trinajstić information content (AvgIpc) is 2.49. The van der Waals surface area contributed by atoms with Crippen molar-refractivity contribution in [2.24, 2.45) is 5.73 Å². The zero-order valence-corrected chi connectivity index (χ0v) is 11.5. The molecule has 0 aromatic heterocycles. The number of carbonyl (C=O) groups excluding carboxylic acids is 1. The van der Waals surface area contributed by atoms with Crippen molar-refractivity contribution in [2.75, 3.05) is 4.90 Å². The van der Waals surface area contributed by atoms with E-state index in [1.54, 1.807) is 0 Å². The summed E-state index contributed by atoms with van der Waals surface area (Å²) in [7, 11) is 0. The summed E-state index contributed by atoms with van der Waals surface area (Å²) >= 11 is 0. The van der Waals surface area contributed by atoms with Crippen LogP contribution in [0.4, 0.5) is 5.69 Å². The predicted octanol–water partition coefficient (Wildman–Crippen LogP) is 2.66. The number of fused-ring (bicyclic) bond motifs is 1. The highest BCUT2D eigenvalue weighted by molar-refractivity contribution is 6.00. The van der Waals surface area contributed by atoms with E-state index in [1.807, 2.05) is 66.4 Å². The van der Waals surface area contributed by atoms with Gasteiger partial charge in [-0.05, 0) is 30.5 Å². The van der Waals surface area contributed by atoms with Crippen LogP contribution in [0.5, 0.6) is 0 Å². The Morgan fingerprint density at radius 2 is 1.75 bits per heavy atom. The van der Waals surface area contributed by atoms with Gasteiger partial charge in [0.1, 0.15) is 0 Å². The molecule has 3 nitrogen and oxygen atoms in total. The second-order valence-electron chi connectivity index (χ2n) is 5.23. The van der Waals surface area contributed by atoms with Crippen molar-refractivity contribution in [3.05, 3.63) is 65.7 Å². The van der Waals surface area contributed by atoms with E-state index in [4.69, 9.17) is 5.73 Å². The van der Waals surface area contributed by atoms with Gasteiger partial charge < -0.3 is 10.6 Å². The molecule has 0 spiro atoms. The van der Waals surface area contributed by atoms with Crippen molar-refractivity contribution in [1.29, 1.82) is 0 Å². The maximum Gasteiger partial charge on any atom is 0.244 e. The van der Waals surface area contributed by atoms with Gasteiger partial charge in [0.25, 0.3) is 0 Å². The number of benzene rings is 2. The minimum atomic E-state index is -0.448. The van der Waals surface area contributed by atoms with Crippen LogP contribution in [-0.4, -0.2) is 11.9 Å². The molecule has 0 saturated carbocycles. The number of carbonyl (C=O) groups is 1. The Kier molecular flexibility index (Phi) is 3.28. The molecule has 0 fully saturated rings. The molecule has 1 aliphatic rings. The fourth-order valence-corrected chi connectivity index (χ4v) is 2.82. The van der Waals surface area contributed by atoms with Gasteiger partial charge in [0, 0.05) is 5.69 Å². The van der Waals surface area contributed by atoms with Crippen LogP contribution in [0.3, 0.4) is 0 Å². The van der Waals surface area contributed by atoms with E-state index in [-0.39, 0.29) is 11.9 Å². The largest absolute Gasteiger partial charge is 0.320 e. The summed E-state index contributed by atoms with van der Waals surface area (Å²) in [4.78, 5) is 14.3. The van der Waals surface area contributed by atoms with E-state index in [0.29, 0.717) is 6.42 Å². The third-order valence-electron chi connectivity index (χ3n) is 3.91. The molecule has 2 N–H and O–H groups in total. The molecule has 1 amide bonds. The number of nitrogens with zero attached hydrogens (tertiary/aromatic N) is 1. The molecule has 20 heavy (non-hydrogen) atoms. The number of rotatable bonds is 2. The standard InChI is InChI=1S/C17H18N2O/c1-12(13-7-3-2-4-8-13)19-16-10-6-5-9-14(16)11-15(18)17(19)20/h2-10,12,15H,11,18H2,1H3/t12?,15-/m1/s1. The van der Waals surface area contributed by atoms with Gasteiger partial charge in [-0.2, -0.15) is 0 Å². The molecule has 102 valence electrons. The SMILES string of the molecule is CC(c1ccccc1)N1C(=O)[C@H](N)Cc2ccccc21. The van der Waals surface area contributed by atoms with E-state index < -0.39 is 6.04 Å². The maximum atomic E-state index is 12.5. The second-order valence-corrected chi connectivity index (χ2v) is 5.23. The third kappa shape index (κ3) is 2.10. The molecular weight excluding hydrogens is 248 g/mol. The van der Waals surface area contributed by atoms with Crippen LogP contribution in [-0.2, 0) is 11.2 Å². The molecule has 2 atom stereocenters. The van der Waals surface area contributed by atoms with E-state index in [9.17, 15) is 4.79 Å². The van der Waals surface area contributed by atoms with Crippen molar-refractivity contribution in [1.82, 2.24) is 0 Å². The van der Waals surface area contributed by atoms with Crippen molar-refractivity contribution >= 4 is 11.6 Å². The van der Waals surface area contributed by atoms with Crippen molar-refractivity contribution < 1.29 is 4.79 Å². The van der Waals surface area contributed by atoms with Crippen molar-refractivity contribution in [3.8, 4) is 0 Å². The first-order valence-corrected chi connectivity index (χ1v) is 6.90. The molecule has 3 rings (SSSR count). The van der Waals surface area contributed by atoms with E-state index in [2.05, 4.69) is 0 Å². The molecule has 0 saturated heterocycles. The molecule has 0 aliphatic carbocycles. The first-order valence-electron chi connectivity index (χ1n) is 6.90. The number of hydrogen-bond donors (Lipinski definition) is 1. The Bertz CT molecular complexity index is 624. The first-order chi connectivity index (χ1) is 9.68. The Labute approximate surface area is 119 Å². The minimum Gasteiger partial charge on any atom is -0.320 e. The predicted molar refractivity (Wildman–Crippen MR) is 80.5 cm³/mol. The quantitative estimate of drug-likeness (QED) is 0.908. The summed E-state index contributed by atoms with van der Waals surface area (Å²) in [5.74, 6) is 0.0000491. The average molecular weight is 266 g/mol. The summed E-state index contributed by atoms with van der Waals surface area (Å²) in [5.41, 5.74) is 9.25. The van der Waals surface area contributed by atoms with Gasteiger partial charge >= 0.3 is 0 Å². The smallest absolute Gasteiger partial charge is 0.244 e. The van der Waals surface area contributed by atoms with Gasteiger partial charge in [-0.3, -0.25) is 4.79 Å². The number of hydrogen-bond acceptors (Lipinski definition) is 2. The second kappa shape index (κ2) is 5.10. The van der Waals surface area contributed by atoms with Gasteiger partial charge in [0.05, 0.1) is 12.1 Å². The highest BCUT2D eigenvalue weighted by atomic mass is 16.2. The number of amides is 1. The number of para-hydroxylation sites is 1. The highest BCUT2D eigenvalue weighted by Gasteiger charge is 2.33. The maximum absolute atomic E-state index is 12.5. The van der Waals surface area contributed by atoms with Crippen LogP contribution in [0.2, 0.25) is 0 Å². The summed E-state index contributed by atoms with van der Waals surface area (Å²) in [5, 5.41) is 0. The van der Waals surface area contributed by atoms with Crippen LogP contribution in [0, 0.1) is 0 Å². The zero-order valence-electron chi connectivity index (χ0n) is 11.5. The molecule has 1 heterocycles. The highest BCUT2D eigenvalue weighted by Crippen LogP contribution is 2.34. The lowest BCUT2D eigenvalue weighted by Crippen LogP contribution is -2.49. The first kappa shape index (κ1) is 12.9. The fourth-order valence-electron chi connectivity index (χ4n) is 2.82. The van der Waals surface area contributed by atoms with Crippen LogP contribution >= 0.6 is 0 Å². The summed E-state index contributed by atoms with van der Waals surface area (Å²) in [6, 6.07) is 17.6. The van der Waals surface area contributed by atoms with Gasteiger partial charge in [-0.15, -0.1) is 0 Å². The lowest BCUT2D eigenvalue weighted by molar-refractivity contribution is -0.120. The Balaban J connectivity index is 2.05. The number of nitrogens with two attached hydrogens (primary N) is 1. The molecule has 3 heteroatoms. The molecule has 2 aromatic carbocycles. The van der Waals surface area contributed by atoms with Crippen molar-refractivity contribution in [2.45, 2.75) is 25.4 Å². The lowest BCUT2D eigenvalue weighted by Gasteiger charge is -2.37. The van der Waals surface area contributed by atoms with Crippen LogP contribution in [0.25, 0.3) is 0 Å². The summed E-state index contributed by atoms with van der Waals surface area (Å²) in [6.07, 6.45) is 0.618. The van der Waals surface area contributed by atoms with Crippen LogP contribution in [0.15, 0.2) is 54.6 Å². The number of anilines is 1. The van der Waals surface area contributed by atoms with E-state index in [0.717, 1.165) is 16.8 Å². The normalized spacial score (nSPS) is 19.6. The van der Waals surface area contributed by atoms with E-state index in [1.165, 1.54) is 0 Å². The molecule has 2 aromatic rings. The van der Waals surface area contributed by atoms with Gasteiger partial charge in [0.15, 0.2) is 0 Å². The summed E-state index contributed by atoms with van der Waals surface area (Å²) < 4.78 is 0. The molecule has 1 aliphatic heterocycles. The molecule has 0 radical (unpaired) electrons. The Morgan fingerprint density at radius 3 is 2.50 bits per heavy atom. The summed E-state index contributed by atoms with van der Waals surface area (Å²) in [6.45, 7) is 2.04. The van der Waals surface area contributed by atoms with Crippen molar-refractivity contribution in [3.63, 3.8) is 0 Å². The lowest BCUT2D eigenvalue weighted by atomic mass is 9.94. The molecular formula is C17H18N2O. The Hall–Kier alpha value is -2.13. The zero-order chi connectivity index (χ0) is 14.1. The minimum absolute atomic E-state index is 0.0000491. The van der Waals surface area contributed by atoms with E-state index >= 15 is 0 Å². The Morgan fingerprint density at radius 1 is 1.10 bits per heavy atom. The van der Waals surface area contributed by atoms with Gasteiger partial charge in [-0.25, -0.2) is 0 Å². The third-order valence-corrected chi connectivity index (χ3v) is 3.91. The van der Waals surface area contributed by atoms with Crippen LogP contribution in [0.1, 0.15) is 24.1 Å². The van der Waals surface area contributed by atoms with Gasteiger partial charge in [0.2, 0.25) is 5.91 Å². The molecule has 0 bridgehead atoms. The van der Waals surface area contributed by atoms with Gasteiger partial charge in [-0.1, -0.05) is 48.5 Å².